The van der Waals surface area contributed by atoms with Crippen LogP contribution in [-0.4, -0.2) is 0 Å². The second-order valence-electron chi connectivity index (χ2n) is 16.3. The third kappa shape index (κ3) is 6.02. The van der Waals surface area contributed by atoms with Crippen LogP contribution in [0.2, 0.25) is 0 Å². The first-order chi connectivity index (χ1) is 20.3. The molecule has 0 heterocycles. The molecule has 2 aliphatic rings. The average molecular weight is 593 g/mol. The molecule has 0 aromatic heterocycles. The highest BCUT2D eigenvalue weighted by Crippen LogP contribution is 2.52. The van der Waals surface area contributed by atoms with Crippen LogP contribution in [0.1, 0.15) is 127 Å². The Morgan fingerprint density at radius 3 is 1.27 bits per heavy atom. The van der Waals surface area contributed by atoms with Gasteiger partial charge in [-0.05, 0) is 103 Å². The zero-order chi connectivity index (χ0) is 32.4. The van der Waals surface area contributed by atoms with Gasteiger partial charge in [-0.2, -0.15) is 8.78 Å². The van der Waals surface area contributed by atoms with E-state index in [0.717, 1.165) is 11.1 Å². The maximum atomic E-state index is 15.1. The van der Waals surface area contributed by atoms with Crippen LogP contribution in [0.5, 0.6) is 0 Å². The molecule has 0 fully saturated rings. The highest BCUT2D eigenvalue weighted by Gasteiger charge is 2.45. The summed E-state index contributed by atoms with van der Waals surface area (Å²) in [7, 11) is 0. The van der Waals surface area contributed by atoms with E-state index >= 15 is 8.78 Å². The van der Waals surface area contributed by atoms with E-state index in [4.69, 9.17) is 0 Å². The van der Waals surface area contributed by atoms with Gasteiger partial charge in [0.2, 0.25) is 0 Å². The van der Waals surface area contributed by atoms with Gasteiger partial charge in [0, 0.05) is 11.1 Å². The number of hydrogen-bond acceptors (Lipinski definition) is 0. The van der Waals surface area contributed by atoms with Gasteiger partial charge in [0.1, 0.15) is 0 Å². The second-order valence-corrected chi connectivity index (χ2v) is 16.3. The van der Waals surface area contributed by atoms with Crippen LogP contribution in [0.15, 0.2) is 72.8 Å². The van der Waals surface area contributed by atoms with Gasteiger partial charge in [-0.3, -0.25) is 0 Å². The molecule has 0 saturated carbocycles. The predicted molar refractivity (Wildman–Crippen MR) is 184 cm³/mol. The molecule has 0 N–H and O–H groups in total. The summed E-state index contributed by atoms with van der Waals surface area (Å²) in [6, 6.07) is 25.2. The third-order valence-corrected chi connectivity index (χ3v) is 9.46. The molecule has 0 radical (unpaired) electrons. The molecular formula is C42H50F2. The van der Waals surface area contributed by atoms with Gasteiger partial charge in [-0.1, -0.05) is 137 Å². The molecule has 0 nitrogen and oxygen atoms in total. The lowest BCUT2D eigenvalue weighted by molar-refractivity contribution is 0.0477. The van der Waals surface area contributed by atoms with Crippen molar-refractivity contribution >= 4 is 0 Å². The lowest BCUT2D eigenvalue weighted by atomic mass is 9.79. The average Bonchev–Trinajstić information content (AvgIpc) is 3.17. The summed E-state index contributed by atoms with van der Waals surface area (Å²) in [4.78, 5) is 0. The Kier molecular flexibility index (Phi) is 8.01. The number of fused-ring (bicyclic) bond motifs is 6. The zero-order valence-electron chi connectivity index (χ0n) is 28.7. The molecule has 0 spiro atoms. The van der Waals surface area contributed by atoms with E-state index in [0.29, 0.717) is 17.0 Å². The molecule has 0 saturated heterocycles. The van der Waals surface area contributed by atoms with Crippen molar-refractivity contribution in [2.24, 2.45) is 0 Å². The summed E-state index contributed by atoms with van der Waals surface area (Å²) in [6.07, 6.45) is 2.35. The summed E-state index contributed by atoms with van der Waals surface area (Å²) >= 11 is 0. The van der Waals surface area contributed by atoms with E-state index in [-0.39, 0.29) is 27.4 Å². The molecule has 0 atom stereocenters. The Bertz CT molecular complexity index is 1630. The van der Waals surface area contributed by atoms with Gasteiger partial charge >= 0.3 is 0 Å². The molecule has 0 bridgehead atoms. The van der Waals surface area contributed by atoms with Crippen LogP contribution in [0, 0.1) is 0 Å². The van der Waals surface area contributed by atoms with Crippen molar-refractivity contribution in [3.63, 3.8) is 0 Å². The quantitative estimate of drug-likeness (QED) is 0.206. The molecular weight excluding hydrogens is 542 g/mol. The highest BCUT2D eigenvalue weighted by molar-refractivity contribution is 5.80. The van der Waals surface area contributed by atoms with Crippen molar-refractivity contribution in [1.82, 2.24) is 0 Å². The van der Waals surface area contributed by atoms with Crippen molar-refractivity contribution in [1.29, 1.82) is 0 Å². The fourth-order valence-electron chi connectivity index (χ4n) is 6.40. The van der Waals surface area contributed by atoms with Crippen LogP contribution in [-0.2, 0) is 35.0 Å². The smallest absolute Gasteiger partial charge is 0.196 e. The lowest BCUT2D eigenvalue weighted by Crippen LogP contribution is -2.16. The number of rotatable bonds is 1. The monoisotopic (exact) mass is 592 g/mol. The van der Waals surface area contributed by atoms with Crippen molar-refractivity contribution in [3.8, 4) is 22.3 Å². The lowest BCUT2D eigenvalue weighted by Gasteiger charge is -2.25. The molecule has 232 valence electrons. The van der Waals surface area contributed by atoms with Gasteiger partial charge < -0.3 is 0 Å². The fraction of sp³-hybridized carbons (Fsp3) is 0.429. The number of hydrogen-bond donors (Lipinski definition) is 0. The first kappa shape index (κ1) is 32.1. The first-order valence-corrected chi connectivity index (χ1v) is 16.2. The van der Waals surface area contributed by atoms with E-state index in [1.165, 1.54) is 46.2 Å². The Hall–Kier alpha value is -3.26. The number of aryl methyl sites for hydroxylation is 2. The van der Waals surface area contributed by atoms with E-state index in [1.54, 1.807) is 12.1 Å². The molecule has 6 rings (SSSR count). The molecule has 0 aliphatic heterocycles. The maximum absolute atomic E-state index is 15.1. The second kappa shape index (κ2) is 11.0. The van der Waals surface area contributed by atoms with E-state index in [2.05, 4.69) is 71.0 Å². The Morgan fingerprint density at radius 1 is 0.500 bits per heavy atom. The standard InChI is InChI=1S/C21H24F2.C21H26/c1-19(2,3)13-7-9-15-16-10-8-14(20(4,5)6)12-18(16)21(22,23)17(15)11-13;1-14(2)15-8-10-19-16(12-15)6-7-17-13-18(21(3,4)5)9-11-20(17)19/h7-12H,1-6H3;8-14H,6-7H2,1-5H3. The molecule has 0 unspecified atom stereocenters. The molecule has 4 aromatic carbocycles. The minimum Gasteiger partial charge on any atom is -0.196 e. The molecule has 4 aromatic rings. The normalized spacial score (nSPS) is 15.1. The van der Waals surface area contributed by atoms with Gasteiger partial charge in [0.05, 0.1) is 0 Å². The maximum Gasteiger partial charge on any atom is 0.299 e. The van der Waals surface area contributed by atoms with Crippen LogP contribution >= 0.6 is 0 Å². The van der Waals surface area contributed by atoms with Crippen LogP contribution < -0.4 is 0 Å². The number of halogens is 2. The summed E-state index contributed by atoms with van der Waals surface area (Å²) in [5.41, 5.74) is 12.3. The largest absolute Gasteiger partial charge is 0.299 e. The van der Waals surface area contributed by atoms with Gasteiger partial charge in [0.25, 0.3) is 5.92 Å². The van der Waals surface area contributed by atoms with Crippen molar-refractivity contribution in [3.05, 3.63) is 117 Å². The van der Waals surface area contributed by atoms with E-state index < -0.39 is 5.92 Å². The minimum absolute atomic E-state index is 0.142. The van der Waals surface area contributed by atoms with Crippen molar-refractivity contribution < 1.29 is 8.78 Å². The SMILES string of the molecule is CC(C)(C)c1ccc2c(c1)C(F)(F)c1cc(C(C)(C)C)ccc1-2.CC(C)c1ccc2c(c1)CCc1cc(C(C)(C)C)ccc1-2. The van der Waals surface area contributed by atoms with Gasteiger partial charge in [0.15, 0.2) is 0 Å². The summed E-state index contributed by atoms with van der Waals surface area (Å²) in [5, 5.41) is 0. The topological polar surface area (TPSA) is 0 Å². The summed E-state index contributed by atoms with van der Waals surface area (Å²) < 4.78 is 30.1. The third-order valence-electron chi connectivity index (χ3n) is 9.46. The minimum atomic E-state index is -2.92. The van der Waals surface area contributed by atoms with E-state index in [9.17, 15) is 0 Å². The highest BCUT2D eigenvalue weighted by atomic mass is 19.3. The van der Waals surface area contributed by atoms with Crippen molar-refractivity contribution in [2.45, 2.75) is 117 Å². The van der Waals surface area contributed by atoms with Crippen LogP contribution in [0.4, 0.5) is 8.78 Å². The number of alkyl halides is 2. The fourth-order valence-corrected chi connectivity index (χ4v) is 6.40. The molecule has 44 heavy (non-hydrogen) atoms. The summed E-state index contributed by atoms with van der Waals surface area (Å²) in [6.45, 7) is 23.7. The predicted octanol–water partition coefficient (Wildman–Crippen LogP) is 12.3. The molecule has 0 amide bonds. The first-order valence-electron chi connectivity index (χ1n) is 16.2. The summed E-state index contributed by atoms with van der Waals surface area (Å²) in [5.74, 6) is -2.31. The number of benzene rings is 4. The van der Waals surface area contributed by atoms with Gasteiger partial charge in [-0.25, -0.2) is 0 Å². The Morgan fingerprint density at radius 2 is 0.864 bits per heavy atom. The van der Waals surface area contributed by atoms with Crippen LogP contribution in [0.3, 0.4) is 0 Å². The Balaban J connectivity index is 0.000000175. The van der Waals surface area contributed by atoms with E-state index in [1.807, 2.05) is 65.8 Å². The molecule has 2 heteroatoms. The zero-order valence-corrected chi connectivity index (χ0v) is 28.7. The molecule has 2 aliphatic carbocycles. The van der Waals surface area contributed by atoms with Crippen LogP contribution in [0.25, 0.3) is 22.3 Å². The van der Waals surface area contributed by atoms with Crippen molar-refractivity contribution in [2.75, 3.05) is 0 Å². The van der Waals surface area contributed by atoms with Gasteiger partial charge in [-0.15, -0.1) is 0 Å². The Labute approximate surface area is 264 Å².